The van der Waals surface area contributed by atoms with Gasteiger partial charge in [0.15, 0.2) is 0 Å². The molecular weight excluding hydrogens is 325 g/mol. The summed E-state index contributed by atoms with van der Waals surface area (Å²) in [5, 5.41) is 4.65. The Balaban J connectivity index is 1.99. The van der Waals surface area contributed by atoms with E-state index in [1.807, 2.05) is 11.6 Å². The SMILES string of the molecule is CCc1c(-c2ccc(C(F)(F)F)cc2)nn(CC2CC2)c1CCl. The molecule has 1 heterocycles. The van der Waals surface area contributed by atoms with Crippen LogP contribution in [0.4, 0.5) is 13.2 Å². The average Bonchev–Trinajstić information content (AvgIpc) is 3.26. The highest BCUT2D eigenvalue weighted by Gasteiger charge is 2.30. The van der Waals surface area contributed by atoms with Crippen LogP contribution in [0.1, 0.15) is 36.6 Å². The van der Waals surface area contributed by atoms with Crippen molar-refractivity contribution in [2.24, 2.45) is 5.92 Å². The van der Waals surface area contributed by atoms with Crippen LogP contribution in [0.2, 0.25) is 0 Å². The second-order valence-electron chi connectivity index (χ2n) is 5.96. The molecular formula is C17H18ClF3N2. The number of alkyl halides is 4. The second-order valence-corrected chi connectivity index (χ2v) is 6.23. The fraction of sp³-hybridized carbons (Fsp3) is 0.471. The second kappa shape index (κ2) is 6.19. The van der Waals surface area contributed by atoms with Gasteiger partial charge in [0.2, 0.25) is 0 Å². The van der Waals surface area contributed by atoms with Crippen LogP contribution >= 0.6 is 11.6 Å². The molecule has 124 valence electrons. The van der Waals surface area contributed by atoms with Gasteiger partial charge in [-0.3, -0.25) is 4.68 Å². The lowest BCUT2D eigenvalue weighted by atomic mass is 10.0. The number of rotatable bonds is 5. The van der Waals surface area contributed by atoms with Crippen LogP contribution in [-0.4, -0.2) is 9.78 Å². The number of hydrogen-bond acceptors (Lipinski definition) is 1. The molecule has 0 aliphatic heterocycles. The Labute approximate surface area is 138 Å². The maximum atomic E-state index is 12.7. The quantitative estimate of drug-likeness (QED) is 0.676. The van der Waals surface area contributed by atoms with E-state index in [1.54, 1.807) is 0 Å². The first-order chi connectivity index (χ1) is 10.9. The highest BCUT2D eigenvalue weighted by atomic mass is 35.5. The Morgan fingerprint density at radius 3 is 2.35 bits per heavy atom. The predicted molar refractivity (Wildman–Crippen MR) is 84.3 cm³/mol. The van der Waals surface area contributed by atoms with Crippen molar-refractivity contribution < 1.29 is 13.2 Å². The topological polar surface area (TPSA) is 17.8 Å². The minimum absolute atomic E-state index is 0.365. The van der Waals surface area contributed by atoms with Crippen LogP contribution in [-0.2, 0) is 25.0 Å². The van der Waals surface area contributed by atoms with Crippen molar-refractivity contribution in [3.63, 3.8) is 0 Å². The van der Waals surface area contributed by atoms with Gasteiger partial charge in [-0.2, -0.15) is 18.3 Å². The maximum absolute atomic E-state index is 12.7. The molecule has 0 unspecified atom stereocenters. The molecule has 3 rings (SSSR count). The summed E-state index contributed by atoms with van der Waals surface area (Å²) in [6.07, 6.45) is -1.15. The molecule has 0 spiro atoms. The fourth-order valence-electron chi connectivity index (χ4n) is 2.80. The molecule has 1 saturated carbocycles. The van der Waals surface area contributed by atoms with Crippen LogP contribution in [0.5, 0.6) is 0 Å². The van der Waals surface area contributed by atoms with Gasteiger partial charge in [-0.05, 0) is 37.3 Å². The van der Waals surface area contributed by atoms with E-state index in [0.717, 1.165) is 42.0 Å². The van der Waals surface area contributed by atoms with Crippen molar-refractivity contribution in [2.75, 3.05) is 0 Å². The lowest BCUT2D eigenvalue weighted by Gasteiger charge is -2.07. The Morgan fingerprint density at radius 2 is 1.87 bits per heavy atom. The summed E-state index contributed by atoms with van der Waals surface area (Å²) in [7, 11) is 0. The first kappa shape index (κ1) is 16.4. The van der Waals surface area contributed by atoms with Gasteiger partial charge in [0, 0.05) is 17.7 Å². The average molecular weight is 343 g/mol. The molecule has 1 aromatic heterocycles. The standard InChI is InChI=1S/C17H18ClF3N2/c1-2-14-15(9-18)23(10-11-3-4-11)22-16(14)12-5-7-13(8-6-12)17(19,20)21/h5-8,11H,2-4,9-10H2,1H3. The minimum Gasteiger partial charge on any atom is -0.267 e. The smallest absolute Gasteiger partial charge is 0.267 e. The zero-order chi connectivity index (χ0) is 16.6. The summed E-state index contributed by atoms with van der Waals surface area (Å²) in [4.78, 5) is 0. The normalized spacial score (nSPS) is 15.2. The lowest BCUT2D eigenvalue weighted by Crippen LogP contribution is -2.06. The number of aromatic nitrogens is 2. The number of nitrogens with zero attached hydrogens (tertiary/aromatic N) is 2. The molecule has 0 radical (unpaired) electrons. The molecule has 2 nitrogen and oxygen atoms in total. The summed E-state index contributed by atoms with van der Waals surface area (Å²) >= 11 is 6.10. The van der Waals surface area contributed by atoms with E-state index in [0.29, 0.717) is 17.4 Å². The number of benzene rings is 1. The van der Waals surface area contributed by atoms with Crippen molar-refractivity contribution in [3.05, 3.63) is 41.1 Å². The van der Waals surface area contributed by atoms with Crippen molar-refractivity contribution in [3.8, 4) is 11.3 Å². The van der Waals surface area contributed by atoms with Gasteiger partial charge in [-0.25, -0.2) is 0 Å². The Bertz CT molecular complexity index is 685. The highest BCUT2D eigenvalue weighted by Crippen LogP contribution is 2.35. The zero-order valence-electron chi connectivity index (χ0n) is 12.8. The van der Waals surface area contributed by atoms with E-state index >= 15 is 0 Å². The molecule has 0 N–H and O–H groups in total. The van der Waals surface area contributed by atoms with Crippen molar-refractivity contribution in [1.29, 1.82) is 0 Å². The third-order valence-electron chi connectivity index (χ3n) is 4.26. The number of hydrogen-bond donors (Lipinski definition) is 0. The van der Waals surface area contributed by atoms with Crippen LogP contribution in [0.15, 0.2) is 24.3 Å². The molecule has 0 amide bonds. The molecule has 1 aliphatic rings. The van der Waals surface area contributed by atoms with Crippen LogP contribution in [0, 0.1) is 5.92 Å². The van der Waals surface area contributed by atoms with Crippen LogP contribution < -0.4 is 0 Å². The van der Waals surface area contributed by atoms with Gasteiger partial charge in [0.1, 0.15) is 0 Å². The lowest BCUT2D eigenvalue weighted by molar-refractivity contribution is -0.137. The van der Waals surface area contributed by atoms with E-state index in [-0.39, 0.29) is 0 Å². The van der Waals surface area contributed by atoms with E-state index in [9.17, 15) is 13.2 Å². The highest BCUT2D eigenvalue weighted by molar-refractivity contribution is 6.17. The minimum atomic E-state index is -4.32. The summed E-state index contributed by atoms with van der Waals surface area (Å²) in [6.45, 7) is 2.86. The molecule has 1 aromatic carbocycles. The molecule has 2 aromatic rings. The Morgan fingerprint density at radius 1 is 1.22 bits per heavy atom. The first-order valence-corrected chi connectivity index (χ1v) is 8.29. The molecule has 1 fully saturated rings. The Hall–Kier alpha value is -1.49. The third kappa shape index (κ3) is 3.39. The molecule has 1 aliphatic carbocycles. The maximum Gasteiger partial charge on any atom is 0.416 e. The predicted octanol–water partition coefficient (Wildman–Crippen LogP) is 5.28. The molecule has 6 heteroatoms. The molecule has 0 bridgehead atoms. The summed E-state index contributed by atoms with van der Waals surface area (Å²) in [5.74, 6) is 1.02. The van der Waals surface area contributed by atoms with Crippen molar-refractivity contribution in [1.82, 2.24) is 9.78 Å². The van der Waals surface area contributed by atoms with Gasteiger partial charge in [0.05, 0.1) is 22.8 Å². The third-order valence-corrected chi connectivity index (χ3v) is 4.51. The summed E-state index contributed by atoms with van der Waals surface area (Å²) < 4.78 is 40.1. The fourth-order valence-corrected chi connectivity index (χ4v) is 3.10. The summed E-state index contributed by atoms with van der Waals surface area (Å²) in [5.41, 5.74) is 2.82. The summed E-state index contributed by atoms with van der Waals surface area (Å²) in [6, 6.07) is 5.19. The van der Waals surface area contributed by atoms with Crippen molar-refractivity contribution >= 4 is 11.6 Å². The van der Waals surface area contributed by atoms with E-state index in [4.69, 9.17) is 11.6 Å². The largest absolute Gasteiger partial charge is 0.416 e. The molecule has 23 heavy (non-hydrogen) atoms. The molecule has 0 atom stereocenters. The Kier molecular flexibility index (Phi) is 4.41. The monoisotopic (exact) mass is 342 g/mol. The van der Waals surface area contributed by atoms with Crippen LogP contribution in [0.25, 0.3) is 11.3 Å². The van der Waals surface area contributed by atoms with Gasteiger partial charge in [0.25, 0.3) is 0 Å². The molecule has 0 saturated heterocycles. The van der Waals surface area contributed by atoms with Crippen molar-refractivity contribution in [2.45, 2.75) is 44.8 Å². The van der Waals surface area contributed by atoms with E-state index in [2.05, 4.69) is 5.10 Å². The van der Waals surface area contributed by atoms with Crippen LogP contribution in [0.3, 0.4) is 0 Å². The van der Waals surface area contributed by atoms with Gasteiger partial charge < -0.3 is 0 Å². The number of halogens is 4. The van der Waals surface area contributed by atoms with Gasteiger partial charge >= 0.3 is 6.18 Å². The zero-order valence-corrected chi connectivity index (χ0v) is 13.6. The first-order valence-electron chi connectivity index (χ1n) is 7.76. The van der Waals surface area contributed by atoms with Gasteiger partial charge in [-0.15, -0.1) is 11.6 Å². The van der Waals surface area contributed by atoms with E-state index in [1.165, 1.54) is 25.0 Å². The van der Waals surface area contributed by atoms with Gasteiger partial charge in [-0.1, -0.05) is 19.1 Å². The van der Waals surface area contributed by atoms with E-state index < -0.39 is 11.7 Å².